The van der Waals surface area contributed by atoms with Crippen LogP contribution in [0.15, 0.2) is 36.7 Å². The van der Waals surface area contributed by atoms with Gasteiger partial charge in [-0.2, -0.15) is 0 Å². The van der Waals surface area contributed by atoms with Crippen molar-refractivity contribution in [2.45, 2.75) is 13.2 Å². The van der Waals surface area contributed by atoms with E-state index in [4.69, 9.17) is 10.5 Å². The summed E-state index contributed by atoms with van der Waals surface area (Å²) in [5, 5.41) is 11.0. The lowest BCUT2D eigenvalue weighted by atomic mass is 10.2. The van der Waals surface area contributed by atoms with Gasteiger partial charge in [-0.3, -0.25) is 10.1 Å². The van der Waals surface area contributed by atoms with Crippen molar-refractivity contribution in [2.24, 2.45) is 5.73 Å². The molecule has 0 fully saturated rings. The zero-order valence-corrected chi connectivity index (χ0v) is 10.0. The Bertz CT molecular complexity index is 574. The van der Waals surface area contributed by atoms with E-state index in [9.17, 15) is 10.1 Å². The first-order chi connectivity index (χ1) is 9.20. The zero-order chi connectivity index (χ0) is 13.7. The van der Waals surface area contributed by atoms with Crippen LogP contribution < -0.4 is 10.5 Å². The summed E-state index contributed by atoms with van der Waals surface area (Å²) in [5.74, 6) is 0.634. The molecule has 0 radical (unpaired) electrons. The molecule has 2 rings (SSSR count). The predicted molar refractivity (Wildman–Crippen MR) is 67.4 cm³/mol. The second-order valence-corrected chi connectivity index (χ2v) is 3.72. The summed E-state index contributed by atoms with van der Waals surface area (Å²) in [6.45, 7) is 0.312. The van der Waals surface area contributed by atoms with Gasteiger partial charge in [-0.05, 0) is 17.7 Å². The van der Waals surface area contributed by atoms with E-state index in [0.29, 0.717) is 11.4 Å². The molecule has 98 valence electrons. The van der Waals surface area contributed by atoms with Crippen molar-refractivity contribution in [3.05, 3.63) is 58.2 Å². The van der Waals surface area contributed by atoms with Gasteiger partial charge in [0.15, 0.2) is 11.6 Å². The van der Waals surface area contributed by atoms with Crippen LogP contribution in [-0.2, 0) is 13.2 Å². The molecule has 0 bridgehead atoms. The molecule has 0 atom stereocenters. The predicted octanol–water partition coefficient (Wildman–Crippen LogP) is 1.42. The minimum absolute atomic E-state index is 0.0731. The maximum atomic E-state index is 11.0. The van der Waals surface area contributed by atoms with Gasteiger partial charge in [0.25, 0.3) is 0 Å². The third kappa shape index (κ3) is 3.23. The molecule has 0 saturated heterocycles. The van der Waals surface area contributed by atoms with Gasteiger partial charge in [-0.25, -0.2) is 9.97 Å². The molecule has 0 aliphatic heterocycles. The molecular weight excluding hydrogens is 248 g/mol. The van der Waals surface area contributed by atoms with Crippen molar-refractivity contribution in [1.29, 1.82) is 0 Å². The van der Waals surface area contributed by atoms with Crippen molar-refractivity contribution in [3.8, 4) is 5.75 Å². The monoisotopic (exact) mass is 260 g/mol. The summed E-state index contributed by atoms with van der Waals surface area (Å²) < 4.78 is 5.38. The summed E-state index contributed by atoms with van der Waals surface area (Å²) in [6, 6.07) is 6.31. The van der Waals surface area contributed by atoms with Crippen LogP contribution in [0.1, 0.15) is 11.4 Å². The molecule has 0 unspecified atom stereocenters. The van der Waals surface area contributed by atoms with Gasteiger partial charge < -0.3 is 10.5 Å². The number of nitro benzene ring substituents is 1. The van der Waals surface area contributed by atoms with Gasteiger partial charge in [0.05, 0.1) is 4.92 Å². The molecule has 0 amide bonds. The average Bonchev–Trinajstić information content (AvgIpc) is 2.46. The standard InChI is InChI=1S/C12H12N4O3/c13-7-9-2-3-11(10(6-9)16(17)18)19-8-12-14-4-1-5-15-12/h1-6H,7-8,13H2. The zero-order valence-electron chi connectivity index (χ0n) is 10.0. The molecule has 0 aliphatic carbocycles. The van der Waals surface area contributed by atoms with Crippen LogP contribution >= 0.6 is 0 Å². The minimum Gasteiger partial charge on any atom is -0.479 e. The quantitative estimate of drug-likeness (QED) is 0.644. The first-order valence-electron chi connectivity index (χ1n) is 5.57. The lowest BCUT2D eigenvalue weighted by Crippen LogP contribution is -2.04. The Hall–Kier alpha value is -2.54. The van der Waals surface area contributed by atoms with E-state index in [0.717, 1.165) is 0 Å². The van der Waals surface area contributed by atoms with Crippen molar-refractivity contribution >= 4 is 5.69 Å². The highest BCUT2D eigenvalue weighted by atomic mass is 16.6. The molecule has 0 spiro atoms. The molecular formula is C12H12N4O3. The Labute approximate surface area is 109 Å². The fraction of sp³-hybridized carbons (Fsp3) is 0.167. The number of hydrogen-bond donors (Lipinski definition) is 1. The maximum absolute atomic E-state index is 11.0. The molecule has 1 aromatic carbocycles. The molecule has 1 aromatic heterocycles. The second kappa shape index (κ2) is 5.87. The number of benzene rings is 1. The second-order valence-electron chi connectivity index (χ2n) is 3.72. The molecule has 7 nitrogen and oxygen atoms in total. The summed E-state index contributed by atoms with van der Waals surface area (Å²) >= 11 is 0. The highest BCUT2D eigenvalue weighted by Gasteiger charge is 2.16. The first kappa shape index (κ1) is 12.9. The third-order valence-electron chi connectivity index (χ3n) is 2.43. The number of nitrogens with two attached hydrogens (primary N) is 1. The first-order valence-corrected chi connectivity index (χ1v) is 5.57. The highest BCUT2D eigenvalue weighted by molar-refractivity contribution is 5.48. The Balaban J connectivity index is 2.18. The Morgan fingerprint density at radius 3 is 2.68 bits per heavy atom. The van der Waals surface area contributed by atoms with E-state index in [1.165, 1.54) is 12.1 Å². The van der Waals surface area contributed by atoms with E-state index in [-0.39, 0.29) is 24.6 Å². The topological polar surface area (TPSA) is 104 Å². The normalized spacial score (nSPS) is 10.2. The van der Waals surface area contributed by atoms with E-state index < -0.39 is 4.92 Å². The van der Waals surface area contributed by atoms with Crippen LogP contribution in [0, 0.1) is 10.1 Å². The summed E-state index contributed by atoms with van der Waals surface area (Å²) in [6.07, 6.45) is 3.16. The van der Waals surface area contributed by atoms with Crippen molar-refractivity contribution in [2.75, 3.05) is 0 Å². The fourth-order valence-electron chi connectivity index (χ4n) is 1.50. The van der Waals surface area contributed by atoms with Gasteiger partial charge in [0, 0.05) is 25.0 Å². The van der Waals surface area contributed by atoms with Crippen molar-refractivity contribution in [1.82, 2.24) is 9.97 Å². The third-order valence-corrected chi connectivity index (χ3v) is 2.43. The molecule has 1 heterocycles. The van der Waals surface area contributed by atoms with Gasteiger partial charge in [-0.1, -0.05) is 6.07 Å². The van der Waals surface area contributed by atoms with E-state index in [2.05, 4.69) is 9.97 Å². The smallest absolute Gasteiger partial charge is 0.311 e. The van der Waals surface area contributed by atoms with Crippen LogP contribution in [0.25, 0.3) is 0 Å². The van der Waals surface area contributed by atoms with Gasteiger partial charge in [0.1, 0.15) is 6.61 Å². The highest BCUT2D eigenvalue weighted by Crippen LogP contribution is 2.28. The summed E-state index contributed by atoms with van der Waals surface area (Å²) in [4.78, 5) is 18.4. The number of nitrogens with zero attached hydrogens (tertiary/aromatic N) is 3. The van der Waals surface area contributed by atoms with E-state index in [1.807, 2.05) is 0 Å². The van der Waals surface area contributed by atoms with E-state index >= 15 is 0 Å². The fourth-order valence-corrected chi connectivity index (χ4v) is 1.50. The number of ether oxygens (including phenoxy) is 1. The van der Waals surface area contributed by atoms with Crippen LogP contribution in [0.2, 0.25) is 0 Å². The van der Waals surface area contributed by atoms with Gasteiger partial charge in [0.2, 0.25) is 0 Å². The molecule has 19 heavy (non-hydrogen) atoms. The molecule has 2 N–H and O–H groups in total. The number of hydrogen-bond acceptors (Lipinski definition) is 6. The molecule has 7 heteroatoms. The van der Waals surface area contributed by atoms with E-state index in [1.54, 1.807) is 24.5 Å². The number of rotatable bonds is 5. The van der Waals surface area contributed by atoms with Crippen molar-refractivity contribution in [3.63, 3.8) is 0 Å². The van der Waals surface area contributed by atoms with Crippen LogP contribution in [0.5, 0.6) is 5.75 Å². The van der Waals surface area contributed by atoms with Crippen LogP contribution in [-0.4, -0.2) is 14.9 Å². The summed E-state index contributed by atoms with van der Waals surface area (Å²) in [5.41, 5.74) is 6.01. The Morgan fingerprint density at radius 2 is 2.05 bits per heavy atom. The SMILES string of the molecule is NCc1ccc(OCc2ncccn2)c([N+](=O)[O-])c1. The number of nitro groups is 1. The Kier molecular flexibility index (Phi) is 3.99. The number of aromatic nitrogens is 2. The molecule has 0 aliphatic rings. The largest absolute Gasteiger partial charge is 0.479 e. The van der Waals surface area contributed by atoms with Crippen molar-refractivity contribution < 1.29 is 9.66 Å². The summed E-state index contributed by atoms with van der Waals surface area (Å²) in [7, 11) is 0. The lowest BCUT2D eigenvalue weighted by Gasteiger charge is -2.06. The van der Waals surface area contributed by atoms with Crippen LogP contribution in [0.4, 0.5) is 5.69 Å². The van der Waals surface area contributed by atoms with Gasteiger partial charge in [-0.15, -0.1) is 0 Å². The molecule has 2 aromatic rings. The van der Waals surface area contributed by atoms with Crippen LogP contribution in [0.3, 0.4) is 0 Å². The average molecular weight is 260 g/mol. The molecule has 0 saturated carbocycles. The minimum atomic E-state index is -0.500. The Morgan fingerprint density at radius 1 is 1.32 bits per heavy atom. The maximum Gasteiger partial charge on any atom is 0.311 e. The van der Waals surface area contributed by atoms with Gasteiger partial charge >= 0.3 is 5.69 Å². The lowest BCUT2D eigenvalue weighted by molar-refractivity contribution is -0.386.